The van der Waals surface area contributed by atoms with Crippen LogP contribution < -0.4 is 0 Å². The van der Waals surface area contributed by atoms with Crippen molar-refractivity contribution in [2.75, 3.05) is 6.54 Å². The topological polar surface area (TPSA) is 85.0 Å². The minimum atomic E-state index is -0.173. The fourth-order valence-electron chi connectivity index (χ4n) is 2.53. The molecule has 1 fully saturated rings. The molecule has 1 saturated heterocycles. The van der Waals surface area contributed by atoms with Gasteiger partial charge in [-0.1, -0.05) is 5.16 Å². The molecule has 7 nitrogen and oxygen atoms in total. The maximum Gasteiger partial charge on any atom is 0.254 e. The molecule has 1 atom stereocenters. The third kappa shape index (κ3) is 2.46. The van der Waals surface area contributed by atoms with Crippen LogP contribution in [0.15, 0.2) is 53.6 Å². The summed E-state index contributed by atoms with van der Waals surface area (Å²) >= 11 is 0. The Balaban J connectivity index is 1.55. The Morgan fingerprint density at radius 3 is 2.74 bits per heavy atom. The van der Waals surface area contributed by atoms with E-state index >= 15 is 0 Å². The van der Waals surface area contributed by atoms with Crippen molar-refractivity contribution in [2.45, 2.75) is 12.5 Å². The quantitative estimate of drug-likeness (QED) is 0.736. The van der Waals surface area contributed by atoms with Gasteiger partial charge in [-0.3, -0.25) is 14.8 Å². The molecule has 23 heavy (non-hydrogen) atoms. The van der Waals surface area contributed by atoms with E-state index in [0.29, 0.717) is 23.8 Å². The lowest BCUT2D eigenvalue weighted by Gasteiger charge is -2.38. The van der Waals surface area contributed by atoms with Crippen LogP contribution >= 0.6 is 0 Å². The summed E-state index contributed by atoms with van der Waals surface area (Å²) in [5.41, 5.74) is 1.39. The van der Waals surface area contributed by atoms with E-state index in [4.69, 9.17) is 4.52 Å². The van der Waals surface area contributed by atoms with Crippen molar-refractivity contribution in [1.82, 2.24) is 25.0 Å². The summed E-state index contributed by atoms with van der Waals surface area (Å²) in [4.78, 5) is 26.6. The van der Waals surface area contributed by atoms with Gasteiger partial charge >= 0.3 is 0 Å². The number of carbonyl (C=O) groups excluding carboxylic acids is 1. The van der Waals surface area contributed by atoms with Gasteiger partial charge in [0.25, 0.3) is 5.91 Å². The summed E-state index contributed by atoms with van der Waals surface area (Å²) in [5.74, 6) is 0.888. The van der Waals surface area contributed by atoms with Crippen LogP contribution in [-0.4, -0.2) is 37.5 Å². The third-order valence-corrected chi connectivity index (χ3v) is 3.85. The average molecular weight is 307 g/mol. The molecule has 1 amide bonds. The summed E-state index contributed by atoms with van der Waals surface area (Å²) in [5, 5.41) is 3.98. The number of rotatable bonds is 3. The second-order valence-electron chi connectivity index (χ2n) is 5.24. The molecule has 0 unspecified atom stereocenters. The number of nitrogens with zero attached hydrogens (tertiary/aromatic N) is 5. The Morgan fingerprint density at radius 1 is 1.17 bits per heavy atom. The molecule has 1 aliphatic rings. The van der Waals surface area contributed by atoms with E-state index in [0.717, 1.165) is 12.0 Å². The number of amides is 1. The molecule has 0 saturated carbocycles. The van der Waals surface area contributed by atoms with Gasteiger partial charge in [0.2, 0.25) is 11.7 Å². The Labute approximate surface area is 132 Å². The summed E-state index contributed by atoms with van der Waals surface area (Å²) < 4.78 is 5.34. The first kappa shape index (κ1) is 13.6. The van der Waals surface area contributed by atoms with Crippen LogP contribution in [0.25, 0.3) is 11.4 Å². The van der Waals surface area contributed by atoms with E-state index in [1.54, 1.807) is 41.8 Å². The number of hydrogen-bond acceptors (Lipinski definition) is 6. The van der Waals surface area contributed by atoms with Gasteiger partial charge in [-0.25, -0.2) is 0 Å². The number of pyridine rings is 2. The lowest BCUT2D eigenvalue weighted by Crippen LogP contribution is -2.45. The van der Waals surface area contributed by atoms with Crippen LogP contribution in [-0.2, 0) is 0 Å². The monoisotopic (exact) mass is 307 g/mol. The predicted molar refractivity (Wildman–Crippen MR) is 80.2 cm³/mol. The van der Waals surface area contributed by atoms with Gasteiger partial charge in [-0.15, -0.1) is 0 Å². The van der Waals surface area contributed by atoms with Crippen LogP contribution in [0.2, 0.25) is 0 Å². The minimum absolute atomic E-state index is 0.0511. The smallest absolute Gasteiger partial charge is 0.254 e. The van der Waals surface area contributed by atoms with Crippen LogP contribution in [0.5, 0.6) is 0 Å². The highest BCUT2D eigenvalue weighted by molar-refractivity contribution is 5.94. The highest BCUT2D eigenvalue weighted by Crippen LogP contribution is 2.34. The molecule has 0 spiro atoms. The van der Waals surface area contributed by atoms with Crippen molar-refractivity contribution in [2.24, 2.45) is 0 Å². The largest absolute Gasteiger partial charge is 0.337 e. The van der Waals surface area contributed by atoms with Gasteiger partial charge in [0.05, 0.1) is 0 Å². The number of likely N-dealkylation sites (tertiary alicyclic amines) is 1. The highest BCUT2D eigenvalue weighted by atomic mass is 16.5. The maximum absolute atomic E-state index is 12.5. The summed E-state index contributed by atoms with van der Waals surface area (Å²) in [6, 6.07) is 6.91. The van der Waals surface area contributed by atoms with E-state index in [2.05, 4.69) is 20.1 Å². The van der Waals surface area contributed by atoms with Crippen LogP contribution in [0, 0.1) is 0 Å². The summed E-state index contributed by atoms with van der Waals surface area (Å²) in [6.07, 6.45) is 7.39. The van der Waals surface area contributed by atoms with Crippen molar-refractivity contribution in [3.8, 4) is 11.4 Å². The highest BCUT2D eigenvalue weighted by Gasteiger charge is 2.37. The first-order valence-electron chi connectivity index (χ1n) is 7.28. The van der Waals surface area contributed by atoms with E-state index in [9.17, 15) is 4.79 Å². The molecule has 0 aliphatic carbocycles. The van der Waals surface area contributed by atoms with Crippen LogP contribution in [0.3, 0.4) is 0 Å². The van der Waals surface area contributed by atoms with Crippen molar-refractivity contribution in [1.29, 1.82) is 0 Å². The van der Waals surface area contributed by atoms with Gasteiger partial charge in [0, 0.05) is 42.5 Å². The van der Waals surface area contributed by atoms with E-state index < -0.39 is 0 Å². The predicted octanol–water partition coefficient (Wildman–Crippen LogP) is 2.11. The first-order valence-corrected chi connectivity index (χ1v) is 7.28. The lowest BCUT2D eigenvalue weighted by atomic mass is 10.0. The van der Waals surface area contributed by atoms with Crippen molar-refractivity contribution >= 4 is 5.91 Å². The second kappa shape index (κ2) is 5.60. The summed E-state index contributed by atoms with van der Waals surface area (Å²) in [6.45, 7) is 0.677. The molecule has 4 heterocycles. The van der Waals surface area contributed by atoms with Crippen LogP contribution in [0.4, 0.5) is 0 Å². The molecule has 3 aromatic rings. The second-order valence-corrected chi connectivity index (χ2v) is 5.24. The standard InChI is InChI=1S/C16H13N5O2/c22-16(11-3-7-17-8-4-11)21-9-5-13(21)15-19-14(20-23-15)12-2-1-6-18-10-12/h1-4,6-8,10,13H,5,9H2/t13-/m0/s1. The minimum Gasteiger partial charge on any atom is -0.337 e. The van der Waals surface area contributed by atoms with Gasteiger partial charge < -0.3 is 9.42 Å². The Hall–Kier alpha value is -3.09. The lowest BCUT2D eigenvalue weighted by molar-refractivity contribution is 0.0378. The number of hydrogen-bond donors (Lipinski definition) is 0. The van der Waals surface area contributed by atoms with Gasteiger partial charge in [0.1, 0.15) is 6.04 Å². The molecule has 3 aromatic heterocycles. The zero-order valence-electron chi connectivity index (χ0n) is 12.2. The molecule has 1 aliphatic heterocycles. The Morgan fingerprint density at radius 2 is 2.04 bits per heavy atom. The molecule has 0 N–H and O–H groups in total. The molecule has 4 rings (SSSR count). The average Bonchev–Trinajstić information content (AvgIpc) is 3.05. The first-order chi connectivity index (χ1) is 11.3. The van der Waals surface area contributed by atoms with Crippen molar-refractivity contribution in [3.63, 3.8) is 0 Å². The van der Waals surface area contributed by atoms with Crippen molar-refractivity contribution < 1.29 is 9.32 Å². The fraction of sp³-hybridized carbons (Fsp3) is 0.188. The molecular formula is C16H13N5O2. The fourth-order valence-corrected chi connectivity index (χ4v) is 2.53. The Bertz CT molecular complexity index is 819. The zero-order valence-corrected chi connectivity index (χ0v) is 12.2. The van der Waals surface area contributed by atoms with E-state index in [-0.39, 0.29) is 11.9 Å². The molecule has 0 aromatic carbocycles. The van der Waals surface area contributed by atoms with Gasteiger partial charge in [-0.2, -0.15) is 4.98 Å². The van der Waals surface area contributed by atoms with E-state index in [1.807, 2.05) is 12.1 Å². The number of aromatic nitrogens is 4. The molecule has 0 radical (unpaired) electrons. The van der Waals surface area contributed by atoms with Crippen LogP contribution in [0.1, 0.15) is 28.7 Å². The Kier molecular flexibility index (Phi) is 3.30. The van der Waals surface area contributed by atoms with E-state index in [1.165, 1.54) is 0 Å². The van der Waals surface area contributed by atoms with Crippen molar-refractivity contribution in [3.05, 3.63) is 60.5 Å². The molecule has 0 bridgehead atoms. The van der Waals surface area contributed by atoms with Gasteiger partial charge in [-0.05, 0) is 30.7 Å². The molecule has 114 valence electrons. The molecule has 7 heteroatoms. The summed E-state index contributed by atoms with van der Waals surface area (Å²) in [7, 11) is 0. The zero-order chi connectivity index (χ0) is 15.6. The third-order valence-electron chi connectivity index (χ3n) is 3.85. The number of carbonyl (C=O) groups is 1. The normalized spacial score (nSPS) is 16.9. The molecular weight excluding hydrogens is 294 g/mol. The maximum atomic E-state index is 12.5. The van der Waals surface area contributed by atoms with Gasteiger partial charge in [0.15, 0.2) is 0 Å². The SMILES string of the molecule is O=C(c1ccncc1)N1CC[C@H]1c1nc(-c2cccnc2)no1.